The van der Waals surface area contributed by atoms with Crippen molar-refractivity contribution in [2.75, 3.05) is 31.1 Å². The van der Waals surface area contributed by atoms with Crippen LogP contribution in [-0.4, -0.2) is 61.5 Å². The summed E-state index contributed by atoms with van der Waals surface area (Å²) < 4.78 is 28.2. The molecule has 5 rings (SSSR count). The predicted octanol–water partition coefficient (Wildman–Crippen LogP) is 2.35. The van der Waals surface area contributed by atoms with Gasteiger partial charge in [0.25, 0.3) is 0 Å². The number of imide groups is 1. The van der Waals surface area contributed by atoms with Crippen molar-refractivity contribution in [3.05, 3.63) is 58.1 Å². The third-order valence-electron chi connectivity index (χ3n) is 6.53. The highest BCUT2D eigenvalue weighted by atomic mass is 79.9. The molecule has 1 saturated heterocycles. The molecular formula is C24H24BrN3O5S. The maximum Gasteiger partial charge on any atom is 0.245 e. The van der Waals surface area contributed by atoms with Crippen molar-refractivity contribution < 1.29 is 22.8 Å². The van der Waals surface area contributed by atoms with Gasteiger partial charge >= 0.3 is 0 Å². The van der Waals surface area contributed by atoms with Gasteiger partial charge in [-0.05, 0) is 64.9 Å². The second kappa shape index (κ2) is 8.90. The van der Waals surface area contributed by atoms with E-state index in [4.69, 9.17) is 0 Å². The van der Waals surface area contributed by atoms with Crippen molar-refractivity contribution in [3.63, 3.8) is 0 Å². The first-order valence-electron chi connectivity index (χ1n) is 11.3. The standard InChI is InChI=1S/C24H24BrN3O5S/c25-19-12-18-9-11-27(24(31)17-6-7-17)20(18)13-21(19)34(32,33)26-14-22(29)28(23(30)15-26)10-8-16-4-2-1-3-5-16/h1-5,12-13,17H,6-11,14-15H2. The van der Waals surface area contributed by atoms with Crippen LogP contribution in [0.15, 0.2) is 51.8 Å². The maximum absolute atomic E-state index is 13.5. The van der Waals surface area contributed by atoms with E-state index in [0.29, 0.717) is 29.5 Å². The van der Waals surface area contributed by atoms with Gasteiger partial charge in [0.15, 0.2) is 0 Å². The molecule has 0 aromatic heterocycles. The van der Waals surface area contributed by atoms with Crippen LogP contribution >= 0.6 is 15.9 Å². The molecule has 1 aliphatic carbocycles. The number of benzene rings is 2. The molecule has 1 saturated carbocycles. The Balaban J connectivity index is 1.35. The highest BCUT2D eigenvalue weighted by Gasteiger charge is 2.41. The molecule has 2 fully saturated rings. The average Bonchev–Trinajstić information content (AvgIpc) is 3.58. The number of amides is 3. The lowest BCUT2D eigenvalue weighted by Gasteiger charge is -2.32. The van der Waals surface area contributed by atoms with E-state index in [0.717, 1.165) is 33.2 Å². The van der Waals surface area contributed by atoms with Gasteiger partial charge in [0.05, 0.1) is 18.0 Å². The molecule has 2 heterocycles. The van der Waals surface area contributed by atoms with Crippen molar-refractivity contribution in [3.8, 4) is 0 Å². The van der Waals surface area contributed by atoms with Crippen LogP contribution in [0, 0.1) is 5.92 Å². The third kappa shape index (κ3) is 4.30. The molecular weight excluding hydrogens is 522 g/mol. The zero-order chi connectivity index (χ0) is 24.0. The largest absolute Gasteiger partial charge is 0.312 e. The Morgan fingerprint density at radius 2 is 1.71 bits per heavy atom. The quantitative estimate of drug-likeness (QED) is 0.519. The monoisotopic (exact) mass is 545 g/mol. The number of fused-ring (bicyclic) bond motifs is 1. The first-order valence-corrected chi connectivity index (χ1v) is 13.5. The predicted molar refractivity (Wildman–Crippen MR) is 129 cm³/mol. The second-order valence-electron chi connectivity index (χ2n) is 8.87. The minimum atomic E-state index is -4.14. The third-order valence-corrected chi connectivity index (χ3v) is 9.28. The van der Waals surface area contributed by atoms with Crippen molar-refractivity contribution >= 4 is 49.4 Å². The van der Waals surface area contributed by atoms with E-state index in [-0.39, 0.29) is 23.3 Å². The average molecular weight is 546 g/mol. The number of rotatable bonds is 6. The molecule has 3 amide bonds. The zero-order valence-corrected chi connectivity index (χ0v) is 20.8. The van der Waals surface area contributed by atoms with Crippen molar-refractivity contribution in [1.29, 1.82) is 0 Å². The Morgan fingerprint density at radius 3 is 2.35 bits per heavy atom. The summed E-state index contributed by atoms with van der Waals surface area (Å²) in [6, 6.07) is 12.7. The second-order valence-corrected chi connectivity index (χ2v) is 11.6. The molecule has 10 heteroatoms. The van der Waals surface area contributed by atoms with Crippen LogP contribution < -0.4 is 4.90 Å². The fourth-order valence-corrected chi connectivity index (χ4v) is 6.89. The number of halogens is 1. The van der Waals surface area contributed by atoms with E-state index in [2.05, 4.69) is 15.9 Å². The fraction of sp³-hybridized carbons (Fsp3) is 0.375. The van der Waals surface area contributed by atoms with Crippen molar-refractivity contribution in [1.82, 2.24) is 9.21 Å². The first-order chi connectivity index (χ1) is 16.3. The Morgan fingerprint density at radius 1 is 1.03 bits per heavy atom. The summed E-state index contributed by atoms with van der Waals surface area (Å²) in [6.07, 6.45) is 2.90. The van der Waals surface area contributed by atoms with Crippen LogP contribution in [0.4, 0.5) is 5.69 Å². The van der Waals surface area contributed by atoms with Gasteiger partial charge in [0.2, 0.25) is 27.7 Å². The molecule has 2 aromatic rings. The lowest BCUT2D eigenvalue weighted by molar-refractivity contribution is -0.149. The topological polar surface area (TPSA) is 95.1 Å². The molecule has 2 aromatic carbocycles. The van der Waals surface area contributed by atoms with Gasteiger partial charge in [0, 0.05) is 29.2 Å². The van der Waals surface area contributed by atoms with Crippen LogP contribution in [0.25, 0.3) is 0 Å². The van der Waals surface area contributed by atoms with Crippen LogP contribution in [0.1, 0.15) is 24.0 Å². The highest BCUT2D eigenvalue weighted by molar-refractivity contribution is 9.10. The Kier molecular flexibility index (Phi) is 6.07. The molecule has 0 unspecified atom stereocenters. The Labute approximate surface area is 206 Å². The number of anilines is 1. The molecule has 0 N–H and O–H groups in total. The first kappa shape index (κ1) is 23.2. The van der Waals surface area contributed by atoms with Gasteiger partial charge < -0.3 is 4.90 Å². The number of hydrogen-bond acceptors (Lipinski definition) is 5. The van der Waals surface area contributed by atoms with E-state index in [1.165, 1.54) is 6.07 Å². The minimum absolute atomic E-state index is 0.0221. The van der Waals surface area contributed by atoms with Gasteiger partial charge in [0.1, 0.15) is 0 Å². The molecule has 178 valence electrons. The smallest absolute Gasteiger partial charge is 0.245 e. The van der Waals surface area contributed by atoms with Crippen molar-refractivity contribution in [2.45, 2.75) is 30.6 Å². The summed E-state index contributed by atoms with van der Waals surface area (Å²) in [4.78, 5) is 40.9. The molecule has 2 aliphatic heterocycles. The van der Waals surface area contributed by atoms with E-state index in [1.807, 2.05) is 30.3 Å². The summed E-state index contributed by atoms with van der Waals surface area (Å²) in [7, 11) is -4.14. The van der Waals surface area contributed by atoms with Gasteiger partial charge in [-0.15, -0.1) is 0 Å². The number of carbonyl (C=O) groups excluding carboxylic acids is 3. The van der Waals surface area contributed by atoms with Crippen LogP contribution in [0.5, 0.6) is 0 Å². The lowest BCUT2D eigenvalue weighted by Crippen LogP contribution is -2.55. The Bertz CT molecular complexity index is 1260. The van der Waals surface area contributed by atoms with Crippen LogP contribution in [0.2, 0.25) is 0 Å². The molecule has 0 bridgehead atoms. The number of carbonyl (C=O) groups is 3. The molecule has 0 spiro atoms. The SMILES string of the molecule is O=C1CN(S(=O)(=O)c2cc3c(cc2Br)CCN3C(=O)C2CC2)CC(=O)N1CCc1ccccc1. The maximum atomic E-state index is 13.5. The number of hydrogen-bond donors (Lipinski definition) is 0. The fourth-order valence-electron chi connectivity index (χ4n) is 4.48. The van der Waals surface area contributed by atoms with Crippen molar-refractivity contribution in [2.24, 2.45) is 5.92 Å². The molecule has 3 aliphatic rings. The summed E-state index contributed by atoms with van der Waals surface area (Å²) >= 11 is 3.35. The van der Waals surface area contributed by atoms with E-state index >= 15 is 0 Å². The number of nitrogens with zero attached hydrogens (tertiary/aromatic N) is 3. The molecule has 0 atom stereocenters. The van der Waals surface area contributed by atoms with Gasteiger partial charge in [-0.2, -0.15) is 4.31 Å². The normalized spacial score (nSPS) is 19.0. The van der Waals surface area contributed by atoms with Gasteiger partial charge in [-0.1, -0.05) is 30.3 Å². The van der Waals surface area contributed by atoms with E-state index < -0.39 is 34.9 Å². The molecule has 8 nitrogen and oxygen atoms in total. The minimum Gasteiger partial charge on any atom is -0.312 e. The van der Waals surface area contributed by atoms with Gasteiger partial charge in [-0.25, -0.2) is 8.42 Å². The molecule has 34 heavy (non-hydrogen) atoms. The lowest BCUT2D eigenvalue weighted by atomic mass is 10.1. The summed E-state index contributed by atoms with van der Waals surface area (Å²) in [5, 5.41) is 0. The van der Waals surface area contributed by atoms with Crippen LogP contribution in [-0.2, 0) is 37.2 Å². The summed E-state index contributed by atoms with van der Waals surface area (Å²) in [5.41, 5.74) is 2.49. The summed E-state index contributed by atoms with van der Waals surface area (Å²) in [5.74, 6) is -1.03. The van der Waals surface area contributed by atoms with E-state index in [1.54, 1.807) is 11.0 Å². The van der Waals surface area contributed by atoms with Crippen LogP contribution in [0.3, 0.4) is 0 Å². The van der Waals surface area contributed by atoms with Gasteiger partial charge in [-0.3, -0.25) is 19.3 Å². The van der Waals surface area contributed by atoms with E-state index in [9.17, 15) is 22.8 Å². The Hall–Kier alpha value is -2.56. The summed E-state index contributed by atoms with van der Waals surface area (Å²) in [6.45, 7) is -0.0811. The highest BCUT2D eigenvalue weighted by Crippen LogP contribution is 2.40. The molecule has 0 radical (unpaired) electrons. The number of sulfonamides is 1. The zero-order valence-electron chi connectivity index (χ0n) is 18.4. The number of piperazine rings is 1.